The first kappa shape index (κ1) is 10.2. The number of thiazole rings is 1. The Balaban J connectivity index is 2.10. The Hall–Kier alpha value is -2.01. The highest BCUT2D eigenvalue weighted by Crippen LogP contribution is 2.24. The fraction of sp³-hybridized carbons (Fsp3) is 0.0833. The number of fused-ring (bicyclic) bond motifs is 1. The molecule has 0 saturated carbocycles. The zero-order chi connectivity index (χ0) is 11.8. The van der Waals surface area contributed by atoms with Crippen LogP contribution in [-0.4, -0.2) is 20.5 Å². The number of Topliss-reactive ketones (excluding diaryl/α,β-unsaturated/α-hetero) is 1. The van der Waals surface area contributed by atoms with Crippen molar-refractivity contribution in [1.82, 2.24) is 14.8 Å². The summed E-state index contributed by atoms with van der Waals surface area (Å²) < 4.78 is 2.75. The lowest BCUT2D eigenvalue weighted by Crippen LogP contribution is -1.93. The molecular weight excluding hydrogens is 234 g/mol. The molecule has 0 fully saturated rings. The van der Waals surface area contributed by atoms with E-state index in [9.17, 15) is 4.79 Å². The molecule has 2 heterocycles. The quantitative estimate of drug-likeness (QED) is 0.650. The highest BCUT2D eigenvalue weighted by atomic mass is 32.1. The van der Waals surface area contributed by atoms with Crippen LogP contribution >= 0.6 is 11.3 Å². The lowest BCUT2D eigenvalue weighted by Gasteiger charge is -1.91. The Morgan fingerprint density at radius 2 is 2.18 bits per heavy atom. The second kappa shape index (κ2) is 3.78. The Kier molecular flexibility index (Phi) is 2.26. The van der Waals surface area contributed by atoms with Gasteiger partial charge in [-0.1, -0.05) is 23.5 Å². The molecule has 0 aliphatic carbocycles. The van der Waals surface area contributed by atoms with E-state index in [1.165, 1.54) is 6.92 Å². The number of nitrogens with zero attached hydrogens (tertiary/aromatic N) is 3. The number of hydrogen-bond acceptors (Lipinski definition) is 4. The monoisotopic (exact) mass is 243 g/mol. The standard InChI is InChI=1S/C12H9N3OS/c1-8(16)9-6-13-15(7-9)12-14-10-4-2-3-5-11(10)17-12/h2-7H,1H3. The molecule has 3 rings (SSSR count). The minimum Gasteiger partial charge on any atom is -0.294 e. The fourth-order valence-corrected chi connectivity index (χ4v) is 2.47. The summed E-state index contributed by atoms with van der Waals surface area (Å²) in [6.45, 7) is 1.53. The van der Waals surface area contributed by atoms with E-state index in [1.54, 1.807) is 28.4 Å². The van der Waals surface area contributed by atoms with Crippen LogP contribution in [0.3, 0.4) is 0 Å². The number of carbonyl (C=O) groups is 1. The maximum atomic E-state index is 11.2. The van der Waals surface area contributed by atoms with Gasteiger partial charge in [-0.15, -0.1) is 0 Å². The van der Waals surface area contributed by atoms with Crippen LogP contribution in [-0.2, 0) is 0 Å². The number of rotatable bonds is 2. The summed E-state index contributed by atoms with van der Waals surface area (Å²) in [6, 6.07) is 7.92. The molecule has 2 aromatic heterocycles. The van der Waals surface area contributed by atoms with E-state index in [4.69, 9.17) is 0 Å². The van der Waals surface area contributed by atoms with Crippen LogP contribution in [0.5, 0.6) is 0 Å². The molecule has 0 aliphatic rings. The molecule has 0 saturated heterocycles. The lowest BCUT2D eigenvalue weighted by atomic mass is 10.3. The van der Waals surface area contributed by atoms with Crippen molar-refractivity contribution < 1.29 is 4.79 Å². The van der Waals surface area contributed by atoms with Crippen molar-refractivity contribution in [2.24, 2.45) is 0 Å². The average Bonchev–Trinajstić information content (AvgIpc) is 2.95. The normalized spacial score (nSPS) is 10.9. The molecule has 3 aromatic rings. The maximum absolute atomic E-state index is 11.2. The predicted octanol–water partition coefficient (Wildman–Crippen LogP) is 2.68. The topological polar surface area (TPSA) is 47.8 Å². The third kappa shape index (κ3) is 1.74. The molecule has 84 valence electrons. The van der Waals surface area contributed by atoms with Gasteiger partial charge in [0.2, 0.25) is 5.13 Å². The molecule has 0 radical (unpaired) electrons. The summed E-state index contributed by atoms with van der Waals surface area (Å²) >= 11 is 1.55. The smallest absolute Gasteiger partial charge is 0.211 e. The van der Waals surface area contributed by atoms with Gasteiger partial charge in [-0.3, -0.25) is 4.79 Å². The molecule has 0 bridgehead atoms. The Labute approximate surface area is 102 Å². The van der Waals surface area contributed by atoms with Crippen molar-refractivity contribution in [2.75, 3.05) is 0 Å². The van der Waals surface area contributed by atoms with E-state index >= 15 is 0 Å². The molecule has 0 atom stereocenters. The second-order valence-corrected chi connectivity index (χ2v) is 4.70. The van der Waals surface area contributed by atoms with E-state index in [0.29, 0.717) is 5.56 Å². The van der Waals surface area contributed by atoms with Gasteiger partial charge in [0.15, 0.2) is 5.78 Å². The zero-order valence-corrected chi connectivity index (χ0v) is 9.94. The maximum Gasteiger partial charge on any atom is 0.211 e. The van der Waals surface area contributed by atoms with Crippen LogP contribution in [0.1, 0.15) is 17.3 Å². The van der Waals surface area contributed by atoms with Crippen molar-refractivity contribution in [2.45, 2.75) is 6.92 Å². The Morgan fingerprint density at radius 1 is 1.35 bits per heavy atom. The predicted molar refractivity (Wildman–Crippen MR) is 66.7 cm³/mol. The molecule has 0 N–H and O–H groups in total. The van der Waals surface area contributed by atoms with Crippen molar-refractivity contribution in [3.63, 3.8) is 0 Å². The largest absolute Gasteiger partial charge is 0.294 e. The zero-order valence-electron chi connectivity index (χ0n) is 9.12. The van der Waals surface area contributed by atoms with E-state index in [0.717, 1.165) is 15.3 Å². The minimum atomic E-state index is 0.0114. The summed E-state index contributed by atoms with van der Waals surface area (Å²) in [5.41, 5.74) is 1.55. The number of carbonyl (C=O) groups excluding carboxylic acids is 1. The number of benzene rings is 1. The van der Waals surface area contributed by atoms with Crippen LogP contribution in [0, 0.1) is 0 Å². The number of aromatic nitrogens is 3. The number of para-hydroxylation sites is 1. The number of hydrogen-bond donors (Lipinski definition) is 0. The first-order valence-corrected chi connectivity index (χ1v) is 5.97. The molecular formula is C12H9N3OS. The summed E-state index contributed by atoms with van der Waals surface area (Å²) in [5, 5.41) is 4.92. The fourth-order valence-electron chi connectivity index (χ4n) is 1.57. The average molecular weight is 243 g/mol. The van der Waals surface area contributed by atoms with Crippen molar-refractivity contribution >= 4 is 27.3 Å². The summed E-state index contributed by atoms with van der Waals surface area (Å²) in [4.78, 5) is 15.7. The first-order valence-electron chi connectivity index (χ1n) is 5.15. The van der Waals surface area contributed by atoms with Gasteiger partial charge in [-0.25, -0.2) is 9.67 Å². The van der Waals surface area contributed by atoms with Gasteiger partial charge in [0.1, 0.15) is 0 Å². The van der Waals surface area contributed by atoms with Gasteiger partial charge in [-0.2, -0.15) is 5.10 Å². The second-order valence-electron chi connectivity index (χ2n) is 3.69. The SMILES string of the molecule is CC(=O)c1cnn(-c2nc3ccccc3s2)c1. The van der Waals surface area contributed by atoms with Gasteiger partial charge in [-0.05, 0) is 19.1 Å². The summed E-state index contributed by atoms with van der Waals surface area (Å²) in [5.74, 6) is 0.0114. The Morgan fingerprint density at radius 3 is 2.88 bits per heavy atom. The molecule has 0 unspecified atom stereocenters. The highest BCUT2D eigenvalue weighted by molar-refractivity contribution is 7.20. The summed E-state index contributed by atoms with van der Waals surface area (Å²) in [6.07, 6.45) is 3.27. The van der Waals surface area contributed by atoms with Gasteiger partial charge in [0.05, 0.1) is 22.0 Å². The van der Waals surface area contributed by atoms with Crippen LogP contribution in [0.15, 0.2) is 36.7 Å². The van der Waals surface area contributed by atoms with Gasteiger partial charge in [0, 0.05) is 6.20 Å². The number of ketones is 1. The minimum absolute atomic E-state index is 0.0114. The molecule has 17 heavy (non-hydrogen) atoms. The molecule has 0 spiro atoms. The molecule has 0 aliphatic heterocycles. The van der Waals surface area contributed by atoms with Gasteiger partial charge in [0.25, 0.3) is 0 Å². The molecule has 0 amide bonds. The van der Waals surface area contributed by atoms with Gasteiger partial charge < -0.3 is 0 Å². The van der Waals surface area contributed by atoms with Gasteiger partial charge >= 0.3 is 0 Å². The molecule has 5 heteroatoms. The van der Waals surface area contributed by atoms with Crippen LogP contribution in [0.2, 0.25) is 0 Å². The van der Waals surface area contributed by atoms with Crippen LogP contribution in [0.4, 0.5) is 0 Å². The van der Waals surface area contributed by atoms with E-state index < -0.39 is 0 Å². The van der Waals surface area contributed by atoms with Crippen molar-refractivity contribution in [1.29, 1.82) is 0 Å². The van der Waals surface area contributed by atoms with Crippen LogP contribution < -0.4 is 0 Å². The highest BCUT2D eigenvalue weighted by Gasteiger charge is 2.08. The summed E-state index contributed by atoms with van der Waals surface area (Å²) in [7, 11) is 0. The van der Waals surface area contributed by atoms with Crippen molar-refractivity contribution in [3.05, 3.63) is 42.2 Å². The first-order chi connectivity index (χ1) is 8.24. The third-order valence-corrected chi connectivity index (χ3v) is 3.49. The third-order valence-electron chi connectivity index (χ3n) is 2.47. The van der Waals surface area contributed by atoms with E-state index in [1.807, 2.05) is 24.3 Å². The van der Waals surface area contributed by atoms with Crippen LogP contribution in [0.25, 0.3) is 15.3 Å². The van der Waals surface area contributed by atoms with E-state index in [-0.39, 0.29) is 5.78 Å². The molecule has 1 aromatic carbocycles. The molecule has 4 nitrogen and oxygen atoms in total. The lowest BCUT2D eigenvalue weighted by molar-refractivity contribution is 0.101. The van der Waals surface area contributed by atoms with Crippen molar-refractivity contribution in [3.8, 4) is 5.13 Å². The van der Waals surface area contributed by atoms with E-state index in [2.05, 4.69) is 10.1 Å². The Bertz CT molecular complexity index is 665.